The summed E-state index contributed by atoms with van der Waals surface area (Å²) in [5, 5.41) is 8.86. The van der Waals surface area contributed by atoms with Crippen LogP contribution >= 0.6 is 11.8 Å². The summed E-state index contributed by atoms with van der Waals surface area (Å²) in [4.78, 5) is 14.3. The molecule has 0 radical (unpaired) electrons. The third-order valence-corrected chi connectivity index (χ3v) is 4.42. The first kappa shape index (κ1) is 13.4. The molecule has 1 saturated carbocycles. The predicted octanol–water partition coefficient (Wildman–Crippen LogP) is 2.70. The van der Waals surface area contributed by atoms with Crippen molar-refractivity contribution in [2.75, 3.05) is 13.3 Å². The van der Waals surface area contributed by atoms with Gasteiger partial charge in [-0.25, -0.2) is 0 Å². The van der Waals surface area contributed by atoms with Crippen molar-refractivity contribution in [3.63, 3.8) is 0 Å². The van der Waals surface area contributed by atoms with Crippen LogP contribution in [0, 0.1) is 5.92 Å². The van der Waals surface area contributed by atoms with Crippen LogP contribution in [0.15, 0.2) is 29.2 Å². The van der Waals surface area contributed by atoms with Crippen LogP contribution in [0.3, 0.4) is 0 Å². The smallest absolute Gasteiger partial charge is 0.306 e. The van der Waals surface area contributed by atoms with Gasteiger partial charge in [0.05, 0.1) is 5.92 Å². The number of thioether (sulfide) groups is 1. The van der Waals surface area contributed by atoms with Gasteiger partial charge in [-0.2, -0.15) is 0 Å². The first-order valence-corrected chi connectivity index (χ1v) is 7.38. The molecule has 0 saturated heterocycles. The van der Waals surface area contributed by atoms with E-state index in [1.807, 2.05) is 0 Å². The Labute approximate surface area is 112 Å². The van der Waals surface area contributed by atoms with Crippen molar-refractivity contribution in [1.29, 1.82) is 0 Å². The van der Waals surface area contributed by atoms with Gasteiger partial charge < -0.3 is 5.11 Å². The van der Waals surface area contributed by atoms with Crippen LogP contribution in [0.25, 0.3) is 0 Å². The first-order valence-electron chi connectivity index (χ1n) is 6.16. The van der Waals surface area contributed by atoms with Crippen molar-refractivity contribution in [1.82, 2.24) is 4.90 Å². The van der Waals surface area contributed by atoms with E-state index in [4.69, 9.17) is 5.11 Å². The summed E-state index contributed by atoms with van der Waals surface area (Å²) in [6.07, 6.45) is 3.64. The summed E-state index contributed by atoms with van der Waals surface area (Å²) < 4.78 is 0. The first-order chi connectivity index (χ1) is 8.60. The molecule has 0 unspecified atom stereocenters. The lowest BCUT2D eigenvalue weighted by Gasteiger charge is -2.39. The molecule has 4 heteroatoms. The van der Waals surface area contributed by atoms with Crippen LogP contribution in [0.2, 0.25) is 0 Å². The molecule has 0 aromatic heterocycles. The summed E-state index contributed by atoms with van der Waals surface area (Å²) >= 11 is 1.74. The molecular formula is C14H19NO2S. The number of carbonyl (C=O) groups is 1. The Morgan fingerprint density at radius 2 is 2.00 bits per heavy atom. The van der Waals surface area contributed by atoms with Gasteiger partial charge in [-0.1, -0.05) is 12.1 Å². The average Bonchev–Trinajstić information content (AvgIpc) is 2.27. The summed E-state index contributed by atoms with van der Waals surface area (Å²) in [5.74, 6) is -0.778. The Morgan fingerprint density at radius 3 is 2.50 bits per heavy atom. The number of aliphatic carboxylic acids is 1. The number of rotatable bonds is 5. The lowest BCUT2D eigenvalue weighted by molar-refractivity contribution is -0.146. The van der Waals surface area contributed by atoms with Crippen LogP contribution in [-0.2, 0) is 11.3 Å². The topological polar surface area (TPSA) is 40.5 Å². The van der Waals surface area contributed by atoms with Crippen molar-refractivity contribution >= 4 is 17.7 Å². The average molecular weight is 265 g/mol. The molecule has 0 heterocycles. The number of hydrogen-bond acceptors (Lipinski definition) is 3. The molecule has 0 bridgehead atoms. The fourth-order valence-corrected chi connectivity index (χ4v) is 2.71. The van der Waals surface area contributed by atoms with E-state index in [1.54, 1.807) is 11.8 Å². The van der Waals surface area contributed by atoms with Crippen molar-refractivity contribution in [2.24, 2.45) is 5.92 Å². The van der Waals surface area contributed by atoms with Gasteiger partial charge in [0.1, 0.15) is 0 Å². The Morgan fingerprint density at radius 1 is 1.39 bits per heavy atom. The van der Waals surface area contributed by atoms with Crippen LogP contribution in [-0.4, -0.2) is 35.3 Å². The second kappa shape index (κ2) is 5.76. The number of carboxylic acid groups (broad SMARTS) is 1. The predicted molar refractivity (Wildman–Crippen MR) is 73.8 cm³/mol. The highest BCUT2D eigenvalue weighted by Crippen LogP contribution is 2.32. The molecule has 1 aliphatic carbocycles. The second-order valence-corrected chi connectivity index (χ2v) is 5.80. The summed E-state index contributed by atoms with van der Waals surface area (Å²) in [7, 11) is 2.07. The summed E-state index contributed by atoms with van der Waals surface area (Å²) in [6.45, 7) is 0.895. The minimum Gasteiger partial charge on any atom is -0.481 e. The van der Waals surface area contributed by atoms with E-state index in [0.29, 0.717) is 6.04 Å². The van der Waals surface area contributed by atoms with E-state index in [1.165, 1.54) is 10.5 Å². The minimum atomic E-state index is -0.649. The fraction of sp³-hybridized carbons (Fsp3) is 0.500. The SMILES string of the molecule is CSc1ccc(CN(C)C2CC(C(=O)O)C2)cc1. The molecule has 0 amide bonds. The Kier molecular flexibility index (Phi) is 4.30. The standard InChI is InChI=1S/C14H19NO2S/c1-15(12-7-11(8-12)14(16)17)9-10-3-5-13(18-2)6-4-10/h3-6,11-12H,7-9H2,1-2H3,(H,16,17). The van der Waals surface area contributed by atoms with E-state index in [0.717, 1.165) is 19.4 Å². The molecule has 1 aromatic carbocycles. The summed E-state index contributed by atoms with van der Waals surface area (Å²) in [5.41, 5.74) is 1.29. The van der Waals surface area contributed by atoms with Crippen LogP contribution in [0.4, 0.5) is 0 Å². The largest absolute Gasteiger partial charge is 0.481 e. The molecule has 1 aliphatic rings. The van der Waals surface area contributed by atoms with Crippen molar-refractivity contribution in [3.8, 4) is 0 Å². The number of carboxylic acids is 1. The Balaban J connectivity index is 1.84. The highest BCUT2D eigenvalue weighted by atomic mass is 32.2. The molecule has 3 nitrogen and oxygen atoms in total. The van der Waals surface area contributed by atoms with Gasteiger partial charge in [0.25, 0.3) is 0 Å². The van der Waals surface area contributed by atoms with E-state index in [-0.39, 0.29) is 5.92 Å². The zero-order valence-corrected chi connectivity index (χ0v) is 11.6. The maximum atomic E-state index is 10.8. The maximum absolute atomic E-state index is 10.8. The molecule has 2 rings (SSSR count). The Hall–Kier alpha value is -1.00. The highest BCUT2D eigenvalue weighted by Gasteiger charge is 2.36. The lowest BCUT2D eigenvalue weighted by Crippen LogP contribution is -2.44. The van der Waals surface area contributed by atoms with Gasteiger partial charge in [-0.05, 0) is 43.8 Å². The summed E-state index contributed by atoms with van der Waals surface area (Å²) in [6, 6.07) is 8.99. The van der Waals surface area contributed by atoms with Crippen LogP contribution in [0.5, 0.6) is 0 Å². The van der Waals surface area contributed by atoms with Crippen LogP contribution in [0.1, 0.15) is 18.4 Å². The molecule has 0 spiro atoms. The molecule has 0 atom stereocenters. The van der Waals surface area contributed by atoms with Gasteiger partial charge in [0.15, 0.2) is 0 Å². The number of hydrogen-bond donors (Lipinski definition) is 1. The molecular weight excluding hydrogens is 246 g/mol. The molecule has 98 valence electrons. The number of benzene rings is 1. The normalized spacial score (nSPS) is 22.8. The Bertz CT molecular complexity index is 412. The van der Waals surface area contributed by atoms with E-state index < -0.39 is 5.97 Å². The second-order valence-electron chi connectivity index (χ2n) is 4.92. The molecule has 1 fully saturated rings. The zero-order chi connectivity index (χ0) is 13.1. The van der Waals surface area contributed by atoms with Gasteiger partial charge in [0.2, 0.25) is 0 Å². The quantitative estimate of drug-likeness (QED) is 0.831. The fourth-order valence-electron chi connectivity index (χ4n) is 2.30. The van der Waals surface area contributed by atoms with Crippen molar-refractivity contribution in [2.45, 2.75) is 30.3 Å². The van der Waals surface area contributed by atoms with Gasteiger partial charge in [-0.15, -0.1) is 11.8 Å². The third kappa shape index (κ3) is 3.06. The van der Waals surface area contributed by atoms with E-state index in [2.05, 4.69) is 42.5 Å². The molecule has 1 N–H and O–H groups in total. The number of nitrogens with zero attached hydrogens (tertiary/aromatic N) is 1. The van der Waals surface area contributed by atoms with E-state index in [9.17, 15) is 4.79 Å². The van der Waals surface area contributed by atoms with Crippen LogP contribution < -0.4 is 0 Å². The molecule has 1 aromatic rings. The van der Waals surface area contributed by atoms with E-state index >= 15 is 0 Å². The van der Waals surface area contributed by atoms with Crippen molar-refractivity contribution < 1.29 is 9.90 Å². The molecule has 0 aliphatic heterocycles. The monoisotopic (exact) mass is 265 g/mol. The van der Waals surface area contributed by atoms with Gasteiger partial charge in [0, 0.05) is 17.5 Å². The highest BCUT2D eigenvalue weighted by molar-refractivity contribution is 7.98. The maximum Gasteiger partial charge on any atom is 0.306 e. The minimum absolute atomic E-state index is 0.128. The zero-order valence-electron chi connectivity index (χ0n) is 10.8. The lowest BCUT2D eigenvalue weighted by atomic mass is 9.79. The third-order valence-electron chi connectivity index (χ3n) is 3.68. The van der Waals surface area contributed by atoms with Gasteiger partial charge in [-0.3, -0.25) is 9.69 Å². The molecule has 18 heavy (non-hydrogen) atoms. The van der Waals surface area contributed by atoms with Gasteiger partial charge >= 0.3 is 5.97 Å². The van der Waals surface area contributed by atoms with Crippen molar-refractivity contribution in [3.05, 3.63) is 29.8 Å².